The van der Waals surface area contributed by atoms with E-state index in [1.807, 2.05) is 45.9 Å². The van der Waals surface area contributed by atoms with Crippen molar-refractivity contribution in [2.45, 2.75) is 66.5 Å². The molecule has 1 aliphatic carbocycles. The van der Waals surface area contributed by atoms with Gasteiger partial charge in [-0.25, -0.2) is 0 Å². The lowest BCUT2D eigenvalue weighted by Crippen LogP contribution is -2.55. The van der Waals surface area contributed by atoms with Crippen LogP contribution in [0.25, 0.3) is 10.9 Å². The van der Waals surface area contributed by atoms with E-state index in [0.717, 1.165) is 10.9 Å². The Morgan fingerprint density at radius 1 is 1.23 bits per heavy atom. The minimum absolute atomic E-state index is 0.0273. The number of likely N-dealkylation sites (tertiary alicyclic amines) is 1. The van der Waals surface area contributed by atoms with Crippen molar-refractivity contribution < 1.29 is 14.4 Å². The molecule has 8 nitrogen and oxygen atoms in total. The summed E-state index contributed by atoms with van der Waals surface area (Å²) >= 11 is 0. The van der Waals surface area contributed by atoms with Crippen LogP contribution in [0.5, 0.6) is 0 Å². The van der Waals surface area contributed by atoms with E-state index < -0.39 is 18.0 Å². The number of nitrogens with two attached hydrogens (primary N) is 1. The number of H-pyrrole nitrogens is 1. The van der Waals surface area contributed by atoms with E-state index in [1.54, 1.807) is 11.0 Å². The first-order chi connectivity index (χ1) is 16.2. The predicted molar refractivity (Wildman–Crippen MR) is 134 cm³/mol. The number of hydrogen-bond acceptors (Lipinski definition) is 4. The summed E-state index contributed by atoms with van der Waals surface area (Å²) in [6, 6.07) is 5.71. The molecule has 2 aliphatic rings. The molecule has 1 aromatic heterocycles. The number of carbonyl (C=O) groups excluding carboxylic acids is 3. The van der Waals surface area contributed by atoms with Crippen molar-refractivity contribution in [2.24, 2.45) is 28.4 Å². The first-order valence-electron chi connectivity index (χ1n) is 12.2. The molecular weight excluding hydrogens is 444 g/mol. The summed E-state index contributed by atoms with van der Waals surface area (Å²) in [6.07, 6.45) is 0.308. The molecule has 2 aromatic rings. The summed E-state index contributed by atoms with van der Waals surface area (Å²) in [7, 11) is 0. The largest absolute Gasteiger partial charge is 0.368 e. The second kappa shape index (κ2) is 8.50. The fourth-order valence-electron chi connectivity index (χ4n) is 5.62. The van der Waals surface area contributed by atoms with Gasteiger partial charge in [0.1, 0.15) is 12.1 Å². The van der Waals surface area contributed by atoms with Crippen LogP contribution in [0.15, 0.2) is 29.1 Å². The van der Waals surface area contributed by atoms with E-state index in [0.29, 0.717) is 24.0 Å². The van der Waals surface area contributed by atoms with Gasteiger partial charge in [-0.1, -0.05) is 46.2 Å². The molecule has 188 valence electrons. The van der Waals surface area contributed by atoms with Gasteiger partial charge in [-0.2, -0.15) is 0 Å². The van der Waals surface area contributed by atoms with E-state index in [1.165, 1.54) is 0 Å². The highest BCUT2D eigenvalue weighted by molar-refractivity contribution is 5.93. The van der Waals surface area contributed by atoms with Crippen molar-refractivity contribution in [3.05, 3.63) is 45.7 Å². The van der Waals surface area contributed by atoms with Crippen molar-refractivity contribution in [2.75, 3.05) is 6.54 Å². The fraction of sp³-hybridized carbons (Fsp3) is 0.556. The molecule has 35 heavy (non-hydrogen) atoms. The quantitative estimate of drug-likeness (QED) is 0.586. The average Bonchev–Trinajstić information content (AvgIpc) is 3.07. The van der Waals surface area contributed by atoms with E-state index >= 15 is 0 Å². The summed E-state index contributed by atoms with van der Waals surface area (Å²) in [5.41, 5.74) is 7.18. The molecule has 8 heteroatoms. The monoisotopic (exact) mass is 480 g/mol. The number of fused-ring (bicyclic) bond motifs is 2. The number of aryl methyl sites for hydroxylation is 1. The lowest BCUT2D eigenvalue weighted by molar-refractivity contribution is -0.142. The molecule has 1 aliphatic heterocycles. The van der Waals surface area contributed by atoms with Gasteiger partial charge in [0.15, 0.2) is 0 Å². The molecule has 4 atom stereocenters. The molecule has 0 radical (unpaired) electrons. The second-order valence-electron chi connectivity index (χ2n) is 12.1. The number of aromatic amines is 1. The predicted octanol–water partition coefficient (Wildman–Crippen LogP) is 2.27. The molecular formula is C27H36N4O4. The minimum atomic E-state index is -1.06. The first kappa shape index (κ1) is 24.9. The molecule has 4 N–H and O–H groups in total. The van der Waals surface area contributed by atoms with Gasteiger partial charge >= 0.3 is 0 Å². The van der Waals surface area contributed by atoms with Crippen molar-refractivity contribution >= 4 is 28.6 Å². The van der Waals surface area contributed by atoms with Gasteiger partial charge in [0, 0.05) is 30.5 Å². The van der Waals surface area contributed by atoms with Crippen LogP contribution in [0.4, 0.5) is 0 Å². The zero-order chi connectivity index (χ0) is 25.9. The number of benzene rings is 1. The maximum absolute atomic E-state index is 13.5. The maximum Gasteiger partial charge on any atom is 0.251 e. The maximum atomic E-state index is 13.5. The van der Waals surface area contributed by atoms with Gasteiger partial charge in [-0.05, 0) is 53.2 Å². The van der Waals surface area contributed by atoms with Gasteiger partial charge in [0.05, 0.1) is 0 Å². The number of aromatic nitrogens is 1. The fourth-order valence-corrected chi connectivity index (χ4v) is 5.62. The van der Waals surface area contributed by atoms with Crippen molar-refractivity contribution in [3.63, 3.8) is 0 Å². The Bertz CT molecular complexity index is 1260. The molecule has 1 aromatic carbocycles. The topological polar surface area (TPSA) is 125 Å². The van der Waals surface area contributed by atoms with Gasteiger partial charge in [0.2, 0.25) is 17.7 Å². The van der Waals surface area contributed by atoms with Crippen LogP contribution >= 0.6 is 0 Å². The molecule has 1 saturated carbocycles. The number of primary amides is 1. The van der Waals surface area contributed by atoms with Crippen LogP contribution in [-0.4, -0.2) is 46.2 Å². The van der Waals surface area contributed by atoms with Gasteiger partial charge < -0.3 is 20.9 Å². The smallest absolute Gasteiger partial charge is 0.251 e. The molecule has 2 fully saturated rings. The number of piperidine rings is 1. The Morgan fingerprint density at radius 2 is 1.91 bits per heavy atom. The van der Waals surface area contributed by atoms with Crippen LogP contribution in [0.3, 0.4) is 0 Å². The SMILES string of the molecule is Cc1ccc2[nH]c(=O)c(CC(NC(=O)[C@@H]3C4C(CN3C(=O)CC(C)(C)C)C4(C)C)C(N)=O)cc2c1. The number of pyridine rings is 1. The summed E-state index contributed by atoms with van der Waals surface area (Å²) < 4.78 is 0. The highest BCUT2D eigenvalue weighted by atomic mass is 16.2. The lowest BCUT2D eigenvalue weighted by atomic mass is 9.90. The molecule has 0 bridgehead atoms. The average molecular weight is 481 g/mol. The number of hydrogen-bond donors (Lipinski definition) is 3. The first-order valence-corrected chi connectivity index (χ1v) is 12.2. The second-order valence-corrected chi connectivity index (χ2v) is 12.1. The Hall–Kier alpha value is -3.16. The Balaban J connectivity index is 1.56. The zero-order valence-electron chi connectivity index (χ0n) is 21.4. The summed E-state index contributed by atoms with van der Waals surface area (Å²) in [6.45, 7) is 12.7. The molecule has 3 unspecified atom stereocenters. The van der Waals surface area contributed by atoms with E-state index in [9.17, 15) is 19.2 Å². The van der Waals surface area contributed by atoms with Crippen LogP contribution < -0.4 is 16.6 Å². The molecule has 2 heterocycles. The van der Waals surface area contributed by atoms with Crippen molar-refractivity contribution in [1.82, 2.24) is 15.2 Å². The summed E-state index contributed by atoms with van der Waals surface area (Å²) in [4.78, 5) is 56.1. The van der Waals surface area contributed by atoms with Crippen molar-refractivity contribution in [3.8, 4) is 0 Å². The Labute approximate surface area is 205 Å². The third kappa shape index (κ3) is 4.83. The standard InChI is InChI=1S/C27H36N4O4/c1-14-7-8-18-15(9-14)10-16(24(34)29-18)11-19(23(28)33)30-25(35)22-21-17(27(21,5)6)13-31(22)20(32)12-26(2,3)4/h7-10,17,19,21-22H,11-13H2,1-6H3,(H2,28,33)(H,29,34)(H,30,35)/t17?,19?,21?,22-/m0/s1. The van der Waals surface area contributed by atoms with Gasteiger partial charge in [-0.3, -0.25) is 19.2 Å². The number of amides is 3. The third-order valence-corrected chi connectivity index (χ3v) is 7.64. The summed E-state index contributed by atoms with van der Waals surface area (Å²) in [5.74, 6) is -0.883. The van der Waals surface area contributed by atoms with Crippen LogP contribution in [0, 0.1) is 29.6 Å². The number of nitrogens with zero attached hydrogens (tertiary/aromatic N) is 1. The van der Waals surface area contributed by atoms with Crippen LogP contribution in [0.1, 0.15) is 52.2 Å². The van der Waals surface area contributed by atoms with Crippen LogP contribution in [0.2, 0.25) is 0 Å². The Kier molecular flexibility index (Phi) is 6.06. The highest BCUT2D eigenvalue weighted by Crippen LogP contribution is 2.65. The highest BCUT2D eigenvalue weighted by Gasteiger charge is 2.69. The molecule has 4 rings (SSSR count). The number of nitrogens with one attached hydrogen (secondary N) is 2. The normalized spacial score (nSPS) is 23.6. The zero-order valence-corrected chi connectivity index (χ0v) is 21.4. The van der Waals surface area contributed by atoms with E-state index in [2.05, 4.69) is 24.1 Å². The molecule has 3 amide bonds. The lowest BCUT2D eigenvalue weighted by Gasteiger charge is -2.33. The van der Waals surface area contributed by atoms with Gasteiger partial charge in [-0.15, -0.1) is 0 Å². The molecule has 0 spiro atoms. The van der Waals surface area contributed by atoms with E-state index in [-0.39, 0.29) is 46.5 Å². The van der Waals surface area contributed by atoms with E-state index in [4.69, 9.17) is 5.73 Å². The molecule has 1 saturated heterocycles. The summed E-state index contributed by atoms with van der Waals surface area (Å²) in [5, 5.41) is 3.62. The van der Waals surface area contributed by atoms with Gasteiger partial charge in [0.25, 0.3) is 5.56 Å². The number of rotatable bonds is 6. The minimum Gasteiger partial charge on any atom is -0.368 e. The van der Waals surface area contributed by atoms with Crippen molar-refractivity contribution in [1.29, 1.82) is 0 Å². The van der Waals surface area contributed by atoms with Crippen LogP contribution in [-0.2, 0) is 20.8 Å². The Morgan fingerprint density at radius 3 is 2.54 bits per heavy atom. The third-order valence-electron chi connectivity index (χ3n) is 7.64. The number of carbonyl (C=O) groups is 3.